The first-order valence-electron chi connectivity index (χ1n) is 9.82. The van der Waals surface area contributed by atoms with E-state index in [1.807, 2.05) is 19.9 Å². The normalized spacial score (nSPS) is 10.5. The molecule has 0 fully saturated rings. The second-order valence-corrected chi connectivity index (χ2v) is 7.07. The summed E-state index contributed by atoms with van der Waals surface area (Å²) in [5.74, 6) is -1.25. The minimum absolute atomic E-state index is 0.238. The number of nitrogens with one attached hydrogen (secondary N) is 3. The van der Waals surface area contributed by atoms with Crippen molar-refractivity contribution in [3.05, 3.63) is 52.5 Å². The number of methoxy groups -OCH3 is 1. The second-order valence-electron chi connectivity index (χ2n) is 6.67. The van der Waals surface area contributed by atoms with E-state index in [1.54, 1.807) is 30.3 Å². The zero-order valence-corrected chi connectivity index (χ0v) is 18.8. The Morgan fingerprint density at radius 2 is 1.88 bits per heavy atom. The van der Waals surface area contributed by atoms with Gasteiger partial charge in [0.05, 0.1) is 13.3 Å². The molecule has 0 aliphatic heterocycles. The molecule has 0 aliphatic rings. The molecule has 3 N–H and O–H groups in total. The molecule has 10 heteroatoms. The summed E-state index contributed by atoms with van der Waals surface area (Å²) in [6, 6.07) is 10.1. The Morgan fingerprint density at radius 1 is 1.09 bits per heavy atom. The van der Waals surface area contributed by atoms with Crippen LogP contribution >= 0.6 is 11.6 Å². The van der Waals surface area contributed by atoms with Crippen molar-refractivity contribution in [1.29, 1.82) is 0 Å². The molecule has 2 aromatic carbocycles. The van der Waals surface area contributed by atoms with E-state index in [1.165, 1.54) is 13.3 Å². The third kappa shape index (κ3) is 7.59. The predicted octanol–water partition coefficient (Wildman–Crippen LogP) is 2.65. The molecule has 0 bridgehead atoms. The summed E-state index contributed by atoms with van der Waals surface area (Å²) in [5, 5.41) is 9.46. The lowest BCUT2D eigenvalue weighted by Crippen LogP contribution is -2.38. The van der Waals surface area contributed by atoms with Crippen LogP contribution in [0.5, 0.6) is 11.5 Å². The van der Waals surface area contributed by atoms with Gasteiger partial charge in [0.25, 0.3) is 5.91 Å². The molecule has 170 valence electrons. The average Bonchev–Trinajstić information content (AvgIpc) is 2.78. The topological polar surface area (TPSA) is 118 Å². The number of carbonyl (C=O) groups is 3. The number of benzene rings is 2. The molecule has 32 heavy (non-hydrogen) atoms. The zero-order valence-electron chi connectivity index (χ0n) is 18.0. The monoisotopic (exact) mass is 460 g/mol. The number of hydrazone groups is 1. The first-order chi connectivity index (χ1) is 15.3. The van der Waals surface area contributed by atoms with Crippen LogP contribution in [0.4, 0.5) is 5.69 Å². The summed E-state index contributed by atoms with van der Waals surface area (Å²) >= 11 is 6.06. The second kappa shape index (κ2) is 12.3. The van der Waals surface area contributed by atoms with Gasteiger partial charge in [0.2, 0.25) is 0 Å². The lowest BCUT2D eigenvalue weighted by molar-refractivity contribution is -0.139. The van der Waals surface area contributed by atoms with E-state index in [4.69, 9.17) is 21.1 Å². The van der Waals surface area contributed by atoms with E-state index in [-0.39, 0.29) is 12.5 Å². The molecule has 0 radical (unpaired) electrons. The number of nitrogens with zero attached hydrogens (tertiary/aromatic N) is 1. The third-order valence-corrected chi connectivity index (χ3v) is 4.53. The average molecular weight is 461 g/mol. The molecule has 0 atom stereocenters. The molecule has 2 rings (SSSR count). The van der Waals surface area contributed by atoms with Gasteiger partial charge >= 0.3 is 11.8 Å². The highest BCUT2D eigenvalue weighted by atomic mass is 35.5. The Labute approximate surface area is 191 Å². The minimum atomic E-state index is -0.859. The quantitative estimate of drug-likeness (QED) is 0.302. The van der Waals surface area contributed by atoms with Crippen LogP contribution in [0.25, 0.3) is 0 Å². The van der Waals surface area contributed by atoms with Crippen LogP contribution in [0.1, 0.15) is 24.5 Å². The minimum Gasteiger partial charge on any atom is -0.493 e. The highest BCUT2D eigenvalue weighted by Crippen LogP contribution is 2.27. The van der Waals surface area contributed by atoms with E-state index in [9.17, 15) is 14.4 Å². The van der Waals surface area contributed by atoms with Gasteiger partial charge in [-0.15, -0.1) is 0 Å². The van der Waals surface area contributed by atoms with Crippen molar-refractivity contribution < 1.29 is 23.9 Å². The molecule has 0 aliphatic carbocycles. The number of aryl methyl sites for hydroxylation is 1. The molecule has 3 amide bonds. The lowest BCUT2D eigenvalue weighted by Gasteiger charge is -2.12. The first kappa shape index (κ1) is 24.7. The molecule has 0 heterocycles. The van der Waals surface area contributed by atoms with Gasteiger partial charge in [-0.2, -0.15) is 5.10 Å². The van der Waals surface area contributed by atoms with E-state index in [0.29, 0.717) is 34.3 Å². The fraction of sp³-hybridized carbons (Fsp3) is 0.273. The fourth-order valence-corrected chi connectivity index (χ4v) is 2.61. The Bertz CT molecular complexity index is 1010. The number of hydrogen-bond acceptors (Lipinski definition) is 6. The fourth-order valence-electron chi connectivity index (χ4n) is 2.43. The molecule has 0 unspecified atom stereocenters. The van der Waals surface area contributed by atoms with Crippen molar-refractivity contribution in [3.8, 4) is 11.5 Å². The third-order valence-electron chi connectivity index (χ3n) is 4.12. The molecule has 0 saturated carbocycles. The largest absolute Gasteiger partial charge is 0.493 e. The molecule has 0 saturated heterocycles. The van der Waals surface area contributed by atoms with Gasteiger partial charge in [-0.3, -0.25) is 14.4 Å². The summed E-state index contributed by atoms with van der Waals surface area (Å²) in [4.78, 5) is 35.3. The zero-order chi connectivity index (χ0) is 23.5. The maximum absolute atomic E-state index is 12.2. The van der Waals surface area contributed by atoms with Crippen molar-refractivity contribution in [2.24, 2.45) is 5.10 Å². The van der Waals surface area contributed by atoms with Crippen molar-refractivity contribution in [3.63, 3.8) is 0 Å². The van der Waals surface area contributed by atoms with Gasteiger partial charge in [0, 0.05) is 17.3 Å². The maximum atomic E-state index is 12.2. The van der Waals surface area contributed by atoms with Crippen LogP contribution in [-0.4, -0.2) is 44.2 Å². The molecular formula is C22H25ClN4O5. The van der Waals surface area contributed by atoms with Gasteiger partial charge in [0.1, 0.15) is 0 Å². The number of halogens is 1. The summed E-state index contributed by atoms with van der Waals surface area (Å²) in [6.45, 7) is 3.92. The Morgan fingerprint density at radius 3 is 2.56 bits per heavy atom. The van der Waals surface area contributed by atoms with Crippen LogP contribution < -0.4 is 25.5 Å². The highest BCUT2D eigenvalue weighted by molar-refractivity contribution is 6.35. The van der Waals surface area contributed by atoms with Gasteiger partial charge in [-0.1, -0.05) is 24.6 Å². The van der Waals surface area contributed by atoms with Crippen LogP contribution in [-0.2, 0) is 14.4 Å². The van der Waals surface area contributed by atoms with Crippen molar-refractivity contribution >= 4 is 41.2 Å². The summed E-state index contributed by atoms with van der Waals surface area (Å²) < 4.78 is 10.8. The molecule has 9 nitrogen and oxygen atoms in total. The van der Waals surface area contributed by atoms with E-state index in [2.05, 4.69) is 21.2 Å². The summed E-state index contributed by atoms with van der Waals surface area (Å²) in [6.07, 6.45) is 2.07. The molecular weight excluding hydrogens is 436 g/mol. The number of rotatable bonds is 9. The van der Waals surface area contributed by atoms with E-state index >= 15 is 0 Å². The maximum Gasteiger partial charge on any atom is 0.329 e. The summed E-state index contributed by atoms with van der Waals surface area (Å²) in [5.41, 5.74) is 4.21. The van der Waals surface area contributed by atoms with Crippen molar-refractivity contribution in [2.45, 2.75) is 20.3 Å². The van der Waals surface area contributed by atoms with Gasteiger partial charge in [-0.05, 0) is 54.8 Å². The number of carbonyl (C=O) groups excluding carboxylic acids is 3. The summed E-state index contributed by atoms with van der Waals surface area (Å²) in [7, 11) is 1.46. The number of ether oxygens (including phenoxy) is 2. The van der Waals surface area contributed by atoms with Gasteiger partial charge in [0.15, 0.2) is 18.1 Å². The number of hydrogen-bond donors (Lipinski definition) is 3. The van der Waals surface area contributed by atoms with Crippen LogP contribution in [0.3, 0.4) is 0 Å². The molecule has 2 aromatic rings. The predicted molar refractivity (Wildman–Crippen MR) is 122 cm³/mol. The van der Waals surface area contributed by atoms with E-state index in [0.717, 1.165) is 12.0 Å². The number of amides is 3. The SMILES string of the molecule is CCCNC(=O)C(=O)N/N=C\c1ccc(OCC(=O)Nc2ccc(C)c(Cl)c2)c(OC)c1. The standard InChI is InChI=1S/C22H25ClN4O5/c1-4-9-24-21(29)22(30)27-25-12-15-6-8-18(19(10-15)31-3)32-13-20(28)26-16-7-5-14(2)17(23)11-16/h5-8,10-12H,4,9,13H2,1-3H3,(H,24,29)(H,26,28)(H,27,30)/b25-12-. The van der Waals surface area contributed by atoms with Crippen LogP contribution in [0, 0.1) is 6.92 Å². The Balaban J connectivity index is 1.92. The molecule has 0 aromatic heterocycles. The lowest BCUT2D eigenvalue weighted by atomic mass is 10.2. The van der Waals surface area contributed by atoms with Crippen LogP contribution in [0.15, 0.2) is 41.5 Å². The van der Waals surface area contributed by atoms with E-state index < -0.39 is 11.8 Å². The van der Waals surface area contributed by atoms with Gasteiger partial charge in [-0.25, -0.2) is 5.43 Å². The first-order valence-corrected chi connectivity index (χ1v) is 10.2. The van der Waals surface area contributed by atoms with Crippen molar-refractivity contribution in [2.75, 3.05) is 25.6 Å². The number of anilines is 1. The Kier molecular flexibility index (Phi) is 9.49. The highest BCUT2D eigenvalue weighted by Gasteiger charge is 2.12. The Hall–Kier alpha value is -3.59. The van der Waals surface area contributed by atoms with Gasteiger partial charge < -0.3 is 20.1 Å². The molecule has 0 spiro atoms. The van der Waals surface area contributed by atoms with Crippen LogP contribution in [0.2, 0.25) is 5.02 Å². The smallest absolute Gasteiger partial charge is 0.329 e. The van der Waals surface area contributed by atoms with Crippen molar-refractivity contribution in [1.82, 2.24) is 10.7 Å².